The number of amides is 2. The Morgan fingerprint density at radius 3 is 2.22 bits per heavy atom. The molecule has 8 nitrogen and oxygen atoms in total. The minimum Gasteiger partial charge on any atom is -0.494 e. The number of hydrogen-bond donors (Lipinski definition) is 1. The third kappa shape index (κ3) is 3.05. The summed E-state index contributed by atoms with van der Waals surface area (Å²) in [5.74, 6) is -1.54. The highest BCUT2D eigenvalue weighted by Crippen LogP contribution is 2.25. The molecular formula is C19H16N4O4. The fourth-order valence-corrected chi connectivity index (χ4v) is 2.70. The van der Waals surface area contributed by atoms with E-state index < -0.39 is 17.4 Å². The van der Waals surface area contributed by atoms with Crippen LogP contribution < -0.4 is 5.56 Å². The standard InChI is InChI=1S/C19H16N4O4/c1-10-12(16(24)22(3)18(26)14(10)8-20)6-5-7-13-11(2)15(9-21)19(27)23(4)17(13)25/h5-7,24H,1-4H3. The summed E-state index contributed by atoms with van der Waals surface area (Å²) in [6.45, 7) is 3.04. The number of aromatic hydroxyl groups is 1. The van der Waals surface area contributed by atoms with Crippen molar-refractivity contribution in [2.75, 3.05) is 7.05 Å². The number of carbonyl (C=O) groups is 2. The maximum absolute atomic E-state index is 12.3. The van der Waals surface area contributed by atoms with Gasteiger partial charge in [-0.2, -0.15) is 10.5 Å². The summed E-state index contributed by atoms with van der Waals surface area (Å²) < 4.78 is 0.954. The van der Waals surface area contributed by atoms with Gasteiger partial charge in [-0.1, -0.05) is 6.08 Å². The summed E-state index contributed by atoms with van der Waals surface area (Å²) in [5.41, 5.74) is 0.152. The van der Waals surface area contributed by atoms with Crippen LogP contribution in [0.1, 0.15) is 23.6 Å². The number of pyridine rings is 1. The molecule has 0 aliphatic carbocycles. The number of hydrogen-bond acceptors (Lipinski definition) is 6. The lowest BCUT2D eigenvalue weighted by atomic mass is 9.95. The van der Waals surface area contributed by atoms with Gasteiger partial charge >= 0.3 is 0 Å². The van der Waals surface area contributed by atoms with Gasteiger partial charge in [0.2, 0.25) is 5.88 Å². The first-order valence-corrected chi connectivity index (χ1v) is 7.82. The minimum atomic E-state index is -0.661. The van der Waals surface area contributed by atoms with E-state index in [9.17, 15) is 19.5 Å². The van der Waals surface area contributed by atoms with Crippen molar-refractivity contribution in [2.24, 2.45) is 7.05 Å². The number of likely N-dealkylation sites (N-methyl/N-ethyl adjacent to an activating group) is 1. The monoisotopic (exact) mass is 364 g/mol. The molecule has 0 bridgehead atoms. The lowest BCUT2D eigenvalue weighted by Crippen LogP contribution is -2.39. The van der Waals surface area contributed by atoms with E-state index >= 15 is 0 Å². The first-order chi connectivity index (χ1) is 12.7. The summed E-state index contributed by atoms with van der Waals surface area (Å²) in [7, 11) is 2.62. The average molecular weight is 364 g/mol. The molecule has 2 heterocycles. The molecule has 136 valence electrons. The van der Waals surface area contributed by atoms with E-state index in [-0.39, 0.29) is 33.7 Å². The zero-order chi connectivity index (χ0) is 20.5. The molecule has 0 spiro atoms. The zero-order valence-electron chi connectivity index (χ0n) is 15.2. The Bertz CT molecular complexity index is 1100. The van der Waals surface area contributed by atoms with E-state index in [0.29, 0.717) is 5.56 Å². The Morgan fingerprint density at radius 1 is 1.04 bits per heavy atom. The van der Waals surface area contributed by atoms with E-state index in [2.05, 4.69) is 0 Å². The van der Waals surface area contributed by atoms with Crippen LogP contribution in [0.25, 0.3) is 6.08 Å². The average Bonchev–Trinajstić information content (AvgIpc) is 2.64. The van der Waals surface area contributed by atoms with Gasteiger partial charge in [0.05, 0.1) is 0 Å². The van der Waals surface area contributed by atoms with Crippen LogP contribution in [-0.2, 0) is 16.6 Å². The van der Waals surface area contributed by atoms with Crippen LogP contribution in [0.4, 0.5) is 0 Å². The number of carbonyl (C=O) groups excluding carboxylic acids is 2. The maximum Gasteiger partial charge on any atom is 0.271 e. The molecule has 1 aromatic heterocycles. The first-order valence-electron chi connectivity index (χ1n) is 7.82. The molecule has 0 saturated carbocycles. The van der Waals surface area contributed by atoms with E-state index in [0.717, 1.165) is 9.47 Å². The Hall–Kier alpha value is -3.91. The number of nitriles is 2. The Balaban J connectivity index is 2.60. The van der Waals surface area contributed by atoms with Crippen molar-refractivity contribution in [1.29, 1.82) is 10.5 Å². The normalized spacial score (nSPS) is 16.2. The topological polar surface area (TPSA) is 127 Å². The fraction of sp³-hybridized carbons (Fsp3) is 0.211. The molecule has 0 atom stereocenters. The fourth-order valence-electron chi connectivity index (χ4n) is 2.70. The van der Waals surface area contributed by atoms with Crippen LogP contribution in [0.2, 0.25) is 0 Å². The molecule has 1 aromatic rings. The molecule has 1 aliphatic rings. The van der Waals surface area contributed by atoms with E-state index in [1.807, 2.05) is 6.07 Å². The van der Waals surface area contributed by atoms with Gasteiger partial charge in [-0.05, 0) is 37.1 Å². The molecular weight excluding hydrogens is 348 g/mol. The van der Waals surface area contributed by atoms with Crippen LogP contribution in [0.15, 0.2) is 33.7 Å². The van der Waals surface area contributed by atoms with Crippen molar-refractivity contribution < 1.29 is 14.7 Å². The lowest BCUT2D eigenvalue weighted by Gasteiger charge is -2.23. The minimum absolute atomic E-state index is 0.0930. The molecule has 8 heteroatoms. The number of nitrogens with zero attached hydrogens (tertiary/aromatic N) is 4. The van der Waals surface area contributed by atoms with Crippen molar-refractivity contribution in [3.05, 3.63) is 55.9 Å². The molecule has 1 N–H and O–H groups in total. The molecule has 2 amide bonds. The second-order valence-corrected chi connectivity index (χ2v) is 5.93. The van der Waals surface area contributed by atoms with Crippen LogP contribution in [-0.4, -0.2) is 33.4 Å². The maximum atomic E-state index is 12.3. The highest BCUT2D eigenvalue weighted by molar-refractivity contribution is 6.18. The van der Waals surface area contributed by atoms with Crippen molar-refractivity contribution in [1.82, 2.24) is 9.47 Å². The molecule has 0 radical (unpaired) electrons. The van der Waals surface area contributed by atoms with Crippen molar-refractivity contribution in [3.63, 3.8) is 0 Å². The largest absolute Gasteiger partial charge is 0.494 e. The summed E-state index contributed by atoms with van der Waals surface area (Å²) in [6.07, 6.45) is 4.30. The van der Waals surface area contributed by atoms with Gasteiger partial charge in [0, 0.05) is 25.2 Å². The molecule has 0 saturated heterocycles. The molecule has 0 fully saturated rings. The first kappa shape index (κ1) is 19.4. The lowest BCUT2D eigenvalue weighted by molar-refractivity contribution is -0.138. The number of aromatic nitrogens is 1. The van der Waals surface area contributed by atoms with Crippen molar-refractivity contribution in [2.45, 2.75) is 13.8 Å². The van der Waals surface area contributed by atoms with Gasteiger partial charge in [0.15, 0.2) is 0 Å². The quantitative estimate of drug-likeness (QED) is 0.617. The zero-order valence-corrected chi connectivity index (χ0v) is 15.2. The highest BCUT2D eigenvalue weighted by atomic mass is 16.3. The van der Waals surface area contributed by atoms with E-state index in [4.69, 9.17) is 10.5 Å². The summed E-state index contributed by atoms with van der Waals surface area (Å²) in [6, 6.07) is 3.61. The third-order valence-electron chi connectivity index (χ3n) is 4.44. The highest BCUT2D eigenvalue weighted by Gasteiger charge is 2.32. The van der Waals surface area contributed by atoms with E-state index in [1.165, 1.54) is 46.2 Å². The Morgan fingerprint density at radius 2 is 1.67 bits per heavy atom. The predicted molar refractivity (Wildman–Crippen MR) is 96.0 cm³/mol. The van der Waals surface area contributed by atoms with Gasteiger partial charge in [-0.25, -0.2) is 0 Å². The second-order valence-electron chi connectivity index (χ2n) is 5.93. The Labute approximate surface area is 155 Å². The van der Waals surface area contributed by atoms with Gasteiger partial charge in [0.25, 0.3) is 17.4 Å². The van der Waals surface area contributed by atoms with Crippen LogP contribution in [0, 0.1) is 29.6 Å². The number of imide groups is 1. The predicted octanol–water partition coefficient (Wildman–Crippen LogP) is 1.05. The van der Waals surface area contributed by atoms with E-state index in [1.54, 1.807) is 6.07 Å². The SMILES string of the molecule is CC1=C(C#N)C(=O)N(C)C(=O)C1=CC=Cc1c(C)c(C#N)c(=O)n(C)c1O. The molecule has 2 rings (SSSR count). The molecule has 0 aromatic carbocycles. The molecule has 0 unspecified atom stereocenters. The smallest absolute Gasteiger partial charge is 0.271 e. The van der Waals surface area contributed by atoms with Crippen LogP contribution in [0.5, 0.6) is 5.88 Å². The number of allylic oxidation sites excluding steroid dienone is 2. The van der Waals surface area contributed by atoms with Gasteiger partial charge < -0.3 is 5.11 Å². The summed E-state index contributed by atoms with van der Waals surface area (Å²) in [4.78, 5) is 37.1. The summed E-state index contributed by atoms with van der Waals surface area (Å²) in [5, 5.41) is 28.5. The second kappa shape index (κ2) is 7.14. The summed E-state index contributed by atoms with van der Waals surface area (Å²) >= 11 is 0. The Kier molecular flexibility index (Phi) is 5.14. The van der Waals surface area contributed by atoms with Crippen molar-refractivity contribution >= 4 is 17.9 Å². The van der Waals surface area contributed by atoms with Gasteiger partial charge in [-0.15, -0.1) is 0 Å². The number of rotatable bonds is 2. The molecule has 1 aliphatic heterocycles. The van der Waals surface area contributed by atoms with Crippen LogP contribution in [0.3, 0.4) is 0 Å². The van der Waals surface area contributed by atoms with Crippen molar-refractivity contribution in [3.8, 4) is 18.0 Å². The van der Waals surface area contributed by atoms with Gasteiger partial charge in [0.1, 0.15) is 23.3 Å². The third-order valence-corrected chi connectivity index (χ3v) is 4.44. The van der Waals surface area contributed by atoms with Crippen LogP contribution >= 0.6 is 0 Å². The van der Waals surface area contributed by atoms with Gasteiger partial charge in [-0.3, -0.25) is 23.9 Å². The molecule has 27 heavy (non-hydrogen) atoms.